The normalized spacial score (nSPS) is 15.3. The molecule has 0 radical (unpaired) electrons. The summed E-state index contributed by atoms with van der Waals surface area (Å²) in [5.74, 6) is -3.54. The first kappa shape index (κ1) is 31.6. The number of sulfone groups is 1. The molecule has 0 unspecified atom stereocenters. The van der Waals surface area contributed by atoms with Crippen molar-refractivity contribution in [3.8, 4) is 0 Å². The number of rotatable bonds is 7. The largest absolute Gasteiger partial charge is 0.430 e. The Labute approximate surface area is 245 Å². The molecule has 0 aliphatic heterocycles. The van der Waals surface area contributed by atoms with Gasteiger partial charge in [0.05, 0.1) is 11.5 Å². The van der Waals surface area contributed by atoms with E-state index in [-0.39, 0.29) is 23.3 Å². The number of benzene rings is 4. The summed E-state index contributed by atoms with van der Waals surface area (Å²) >= 11 is 0. The third-order valence-corrected chi connectivity index (χ3v) is 10.3. The summed E-state index contributed by atoms with van der Waals surface area (Å²) in [6.45, 7) is -1.72. The molecule has 13 heteroatoms. The number of alkyl halides is 6. The maximum atomic E-state index is 14.4. The zero-order chi connectivity index (χ0) is 32.1. The summed E-state index contributed by atoms with van der Waals surface area (Å²) in [6, 6.07) is 15.2. The molecule has 3 nitrogen and oxygen atoms in total. The van der Waals surface area contributed by atoms with Crippen molar-refractivity contribution in [1.29, 1.82) is 0 Å². The van der Waals surface area contributed by atoms with Crippen molar-refractivity contribution in [3.63, 3.8) is 0 Å². The van der Waals surface area contributed by atoms with Gasteiger partial charge in [-0.05, 0) is 65.9 Å². The van der Waals surface area contributed by atoms with Gasteiger partial charge in [-0.1, -0.05) is 54.6 Å². The molecule has 0 amide bonds. The van der Waals surface area contributed by atoms with E-state index in [2.05, 4.69) is 4.74 Å². The molecular formula is C31H21F9O3S. The zero-order valence-corrected chi connectivity index (χ0v) is 23.1. The minimum Gasteiger partial charge on any atom is -0.349 e. The average Bonchev–Trinajstić information content (AvgIpc) is 3.35. The van der Waals surface area contributed by atoms with E-state index < -0.39 is 67.7 Å². The van der Waals surface area contributed by atoms with E-state index in [4.69, 9.17) is 0 Å². The molecule has 0 bridgehead atoms. The molecule has 0 atom stereocenters. The van der Waals surface area contributed by atoms with Crippen LogP contribution < -0.4 is 0 Å². The average molecular weight is 645 g/mol. The molecule has 0 saturated heterocycles. The monoisotopic (exact) mass is 644 g/mol. The highest BCUT2D eigenvalue weighted by molar-refractivity contribution is 7.92. The summed E-state index contributed by atoms with van der Waals surface area (Å²) < 4.78 is 159. The zero-order valence-electron chi connectivity index (χ0n) is 22.3. The highest BCUT2D eigenvalue weighted by Gasteiger charge is 2.73. The van der Waals surface area contributed by atoms with Gasteiger partial charge >= 0.3 is 12.4 Å². The molecule has 0 heterocycles. The Bertz CT molecular complexity index is 1720. The third-order valence-electron chi connectivity index (χ3n) is 7.82. The first-order valence-electron chi connectivity index (χ1n) is 12.9. The van der Waals surface area contributed by atoms with Crippen molar-refractivity contribution in [2.75, 3.05) is 0 Å². The van der Waals surface area contributed by atoms with E-state index in [1.807, 2.05) is 0 Å². The summed E-state index contributed by atoms with van der Waals surface area (Å²) in [4.78, 5) is -0.300. The number of hydrogen-bond donors (Lipinski definition) is 0. The summed E-state index contributed by atoms with van der Waals surface area (Å²) in [7, 11) is -4.42. The van der Waals surface area contributed by atoms with Gasteiger partial charge in [-0.3, -0.25) is 0 Å². The van der Waals surface area contributed by atoms with Gasteiger partial charge in [-0.2, -0.15) is 26.3 Å². The van der Waals surface area contributed by atoms with Crippen LogP contribution in [-0.2, 0) is 44.4 Å². The first-order valence-corrected chi connectivity index (χ1v) is 14.4. The van der Waals surface area contributed by atoms with Gasteiger partial charge in [0.25, 0.3) is 5.60 Å². The van der Waals surface area contributed by atoms with Crippen LogP contribution in [0.5, 0.6) is 0 Å². The predicted octanol–water partition coefficient (Wildman–Crippen LogP) is 8.11. The molecule has 1 aliphatic rings. The van der Waals surface area contributed by atoms with Crippen molar-refractivity contribution in [2.24, 2.45) is 0 Å². The Kier molecular flexibility index (Phi) is 7.86. The number of fused-ring (bicyclic) bond motifs is 1. The smallest absolute Gasteiger partial charge is 0.349 e. The Morgan fingerprint density at radius 1 is 0.659 bits per heavy atom. The Morgan fingerprint density at radius 2 is 1.16 bits per heavy atom. The van der Waals surface area contributed by atoms with Crippen LogP contribution in [0.15, 0.2) is 95.9 Å². The van der Waals surface area contributed by atoms with Crippen molar-refractivity contribution in [3.05, 3.63) is 136 Å². The van der Waals surface area contributed by atoms with Gasteiger partial charge in [-0.25, -0.2) is 21.6 Å². The van der Waals surface area contributed by atoms with E-state index >= 15 is 0 Å². The van der Waals surface area contributed by atoms with Crippen molar-refractivity contribution < 1.29 is 52.7 Å². The van der Waals surface area contributed by atoms with Crippen LogP contribution in [0.25, 0.3) is 0 Å². The molecule has 232 valence electrons. The fraction of sp³-hybridized carbons (Fsp3) is 0.226. The van der Waals surface area contributed by atoms with Crippen molar-refractivity contribution >= 4 is 9.84 Å². The molecule has 5 rings (SSSR count). The fourth-order valence-corrected chi connectivity index (χ4v) is 7.65. The Hall–Kier alpha value is -3.84. The molecule has 0 spiro atoms. The van der Waals surface area contributed by atoms with Crippen molar-refractivity contribution in [2.45, 2.75) is 47.0 Å². The van der Waals surface area contributed by atoms with Crippen molar-refractivity contribution in [1.82, 2.24) is 0 Å². The molecule has 44 heavy (non-hydrogen) atoms. The van der Waals surface area contributed by atoms with Gasteiger partial charge in [0.1, 0.15) is 22.2 Å². The molecule has 0 N–H and O–H groups in total. The highest BCUT2D eigenvalue weighted by Crippen LogP contribution is 2.54. The van der Waals surface area contributed by atoms with E-state index in [9.17, 15) is 47.9 Å². The van der Waals surface area contributed by atoms with E-state index in [1.165, 1.54) is 0 Å². The van der Waals surface area contributed by atoms with Gasteiger partial charge in [0.2, 0.25) is 0 Å². The number of halogens is 9. The number of hydrogen-bond acceptors (Lipinski definition) is 3. The molecule has 1 aliphatic carbocycles. The second kappa shape index (κ2) is 11.0. The standard InChI is InChI=1S/C31H21F9O3S/c32-23-12-14-24(15-13-23)44(41,42)28(16-19-4-1-2-5-20(19)17-28)21-8-10-22(11-9-21)29(30(35,36)37,31(38,39)40)43-18-25-26(33)6-3-7-27(25)34/h1-15H,16-18H2. The molecular weight excluding hydrogens is 623 g/mol. The lowest BCUT2D eigenvalue weighted by atomic mass is 9.88. The lowest BCUT2D eigenvalue weighted by Gasteiger charge is -2.38. The SMILES string of the molecule is O=S(=O)(c1ccc(F)cc1)C1(c2ccc(C(OCc3c(F)cccc3F)(C(F)(F)F)C(F)(F)F)cc2)Cc2ccccc2C1. The third kappa shape index (κ3) is 5.05. The second-order valence-corrected chi connectivity index (χ2v) is 12.6. The minimum absolute atomic E-state index is 0.125. The van der Waals surface area contributed by atoms with Gasteiger partial charge in [0, 0.05) is 11.1 Å². The maximum absolute atomic E-state index is 14.4. The highest BCUT2D eigenvalue weighted by atomic mass is 32.2. The van der Waals surface area contributed by atoms with Crippen LogP contribution >= 0.6 is 0 Å². The Balaban J connectivity index is 1.64. The van der Waals surface area contributed by atoms with Crippen LogP contribution in [0.3, 0.4) is 0 Å². The van der Waals surface area contributed by atoms with Crippen LogP contribution in [0.2, 0.25) is 0 Å². The lowest BCUT2D eigenvalue weighted by Crippen LogP contribution is -2.56. The van der Waals surface area contributed by atoms with Crippen LogP contribution in [0, 0.1) is 17.5 Å². The van der Waals surface area contributed by atoms with E-state index in [1.54, 1.807) is 24.3 Å². The second-order valence-electron chi connectivity index (χ2n) is 10.3. The molecule has 0 fully saturated rings. The quantitative estimate of drug-likeness (QED) is 0.151. The summed E-state index contributed by atoms with van der Waals surface area (Å²) in [5.41, 5.74) is -6.59. The van der Waals surface area contributed by atoms with Crippen LogP contribution in [0.1, 0.15) is 27.8 Å². The van der Waals surface area contributed by atoms with E-state index in [0.717, 1.165) is 42.5 Å². The Morgan fingerprint density at radius 3 is 1.64 bits per heavy atom. The molecule has 4 aromatic rings. The summed E-state index contributed by atoms with van der Waals surface area (Å²) in [5, 5.41) is 0. The molecule has 4 aromatic carbocycles. The van der Waals surface area contributed by atoms with Gasteiger partial charge in [-0.15, -0.1) is 0 Å². The topological polar surface area (TPSA) is 43.4 Å². The van der Waals surface area contributed by atoms with E-state index in [0.29, 0.717) is 35.4 Å². The van der Waals surface area contributed by atoms with Gasteiger partial charge in [0.15, 0.2) is 9.84 Å². The predicted molar refractivity (Wildman–Crippen MR) is 140 cm³/mol. The lowest BCUT2D eigenvalue weighted by molar-refractivity contribution is -0.392. The minimum atomic E-state index is -6.17. The molecule has 0 aromatic heterocycles. The first-order chi connectivity index (χ1) is 20.5. The number of ether oxygens (including phenoxy) is 1. The van der Waals surface area contributed by atoms with Crippen LogP contribution in [0.4, 0.5) is 39.5 Å². The maximum Gasteiger partial charge on any atom is 0.430 e. The summed E-state index contributed by atoms with van der Waals surface area (Å²) in [6.07, 6.45) is -12.7. The fourth-order valence-electron chi connectivity index (χ4n) is 5.56. The van der Waals surface area contributed by atoms with Gasteiger partial charge < -0.3 is 4.74 Å². The van der Waals surface area contributed by atoms with Crippen LogP contribution in [-0.4, -0.2) is 20.8 Å². The molecule has 0 saturated carbocycles.